The van der Waals surface area contributed by atoms with Crippen molar-refractivity contribution in [2.75, 3.05) is 0 Å². The van der Waals surface area contributed by atoms with Gasteiger partial charge < -0.3 is 9.26 Å². The van der Waals surface area contributed by atoms with Crippen LogP contribution in [0.2, 0.25) is 0 Å². The summed E-state index contributed by atoms with van der Waals surface area (Å²) in [6, 6.07) is 6.78. The van der Waals surface area contributed by atoms with Crippen LogP contribution in [0, 0.1) is 0 Å². The van der Waals surface area contributed by atoms with Gasteiger partial charge in [-0.1, -0.05) is 5.16 Å². The second-order valence-electron chi connectivity index (χ2n) is 2.82. The van der Waals surface area contributed by atoms with Crippen LogP contribution in [0.15, 0.2) is 35.2 Å². The molecule has 0 amide bonds. The van der Waals surface area contributed by atoms with Gasteiger partial charge in [0, 0.05) is 5.56 Å². The molecule has 0 saturated heterocycles. The second-order valence-corrected chi connectivity index (χ2v) is 2.82. The molecule has 0 saturated carbocycles. The number of ether oxygens (including phenoxy) is 1. The molecule has 2 aromatic rings. The van der Waals surface area contributed by atoms with Crippen LogP contribution in [0.5, 0.6) is 5.75 Å². The summed E-state index contributed by atoms with van der Waals surface area (Å²) in [5, 5.41) is 3.60. The van der Waals surface area contributed by atoms with E-state index in [1.54, 1.807) is 24.3 Å². The fraction of sp³-hybridized carbons (Fsp3) is 0.100. The predicted octanol–water partition coefficient (Wildman–Crippen LogP) is 1.46. The topological polar surface area (TPSA) is 65.2 Å². The lowest BCUT2D eigenvalue weighted by molar-refractivity contribution is 0.112. The van der Waals surface area contributed by atoms with E-state index in [2.05, 4.69) is 14.7 Å². The Kier molecular flexibility index (Phi) is 2.73. The van der Waals surface area contributed by atoms with Gasteiger partial charge in [-0.15, -0.1) is 0 Å². The summed E-state index contributed by atoms with van der Waals surface area (Å²) < 4.78 is 9.90. The Labute approximate surface area is 85.7 Å². The molecule has 0 atom stereocenters. The van der Waals surface area contributed by atoms with Crippen molar-refractivity contribution in [2.45, 2.75) is 6.61 Å². The van der Waals surface area contributed by atoms with Crippen LogP contribution in [0.3, 0.4) is 0 Å². The minimum absolute atomic E-state index is 0.247. The standard InChI is InChI=1S/C10H8N2O3/c13-5-8-1-3-9(4-2-8)14-6-10-11-7-15-12-10/h1-5,7H,6H2. The number of carbonyl (C=O) groups is 1. The van der Waals surface area contributed by atoms with Crippen molar-refractivity contribution in [3.8, 4) is 5.75 Å². The zero-order valence-corrected chi connectivity index (χ0v) is 7.79. The minimum atomic E-state index is 0.247. The van der Waals surface area contributed by atoms with E-state index in [0.29, 0.717) is 17.1 Å². The Morgan fingerprint density at radius 3 is 2.73 bits per heavy atom. The third kappa shape index (κ3) is 2.40. The van der Waals surface area contributed by atoms with Gasteiger partial charge >= 0.3 is 0 Å². The van der Waals surface area contributed by atoms with Gasteiger partial charge in [-0.2, -0.15) is 4.98 Å². The van der Waals surface area contributed by atoms with E-state index >= 15 is 0 Å². The molecular weight excluding hydrogens is 196 g/mol. The van der Waals surface area contributed by atoms with E-state index in [1.165, 1.54) is 6.39 Å². The maximum absolute atomic E-state index is 10.4. The molecule has 0 aliphatic carbocycles. The van der Waals surface area contributed by atoms with Gasteiger partial charge in [0.2, 0.25) is 12.2 Å². The molecule has 76 valence electrons. The van der Waals surface area contributed by atoms with Crippen LogP contribution in [-0.4, -0.2) is 16.4 Å². The van der Waals surface area contributed by atoms with E-state index < -0.39 is 0 Å². The van der Waals surface area contributed by atoms with Crippen molar-refractivity contribution < 1.29 is 14.1 Å². The molecule has 0 N–H and O–H groups in total. The monoisotopic (exact) mass is 204 g/mol. The Bertz CT molecular complexity index is 422. The largest absolute Gasteiger partial charge is 0.485 e. The third-order valence-corrected chi connectivity index (χ3v) is 1.79. The van der Waals surface area contributed by atoms with Gasteiger partial charge in [0.1, 0.15) is 12.0 Å². The lowest BCUT2D eigenvalue weighted by atomic mass is 10.2. The highest BCUT2D eigenvalue weighted by Crippen LogP contribution is 2.12. The molecule has 1 aromatic carbocycles. The second kappa shape index (κ2) is 4.36. The maximum Gasteiger partial charge on any atom is 0.213 e. The molecule has 0 aliphatic rings. The Morgan fingerprint density at radius 2 is 2.13 bits per heavy atom. The lowest BCUT2D eigenvalue weighted by Gasteiger charge is -2.02. The Morgan fingerprint density at radius 1 is 1.33 bits per heavy atom. The first-order valence-corrected chi connectivity index (χ1v) is 4.32. The first-order valence-electron chi connectivity index (χ1n) is 4.32. The van der Waals surface area contributed by atoms with Gasteiger partial charge in [0.15, 0.2) is 6.61 Å². The number of hydrogen-bond donors (Lipinski definition) is 0. The highest BCUT2D eigenvalue weighted by molar-refractivity contribution is 5.74. The summed E-state index contributed by atoms with van der Waals surface area (Å²) in [6.07, 6.45) is 2.02. The number of aldehydes is 1. The van der Waals surface area contributed by atoms with Crippen molar-refractivity contribution >= 4 is 6.29 Å². The highest BCUT2D eigenvalue weighted by atomic mass is 16.5. The summed E-state index contributed by atoms with van der Waals surface area (Å²) in [5.74, 6) is 1.14. The molecule has 0 radical (unpaired) electrons. The van der Waals surface area contributed by atoms with Crippen molar-refractivity contribution in [3.05, 3.63) is 42.0 Å². The minimum Gasteiger partial charge on any atom is -0.485 e. The number of benzene rings is 1. The molecule has 15 heavy (non-hydrogen) atoms. The summed E-state index contributed by atoms with van der Waals surface area (Å²) in [4.78, 5) is 14.2. The SMILES string of the molecule is O=Cc1ccc(OCc2ncon2)cc1. The molecule has 5 heteroatoms. The summed E-state index contributed by atoms with van der Waals surface area (Å²) in [7, 11) is 0. The molecule has 0 bridgehead atoms. The number of nitrogens with zero attached hydrogens (tertiary/aromatic N) is 2. The van der Waals surface area contributed by atoms with Crippen molar-refractivity contribution in [1.82, 2.24) is 10.1 Å². The fourth-order valence-electron chi connectivity index (χ4n) is 1.05. The number of hydrogen-bond acceptors (Lipinski definition) is 5. The molecule has 0 aliphatic heterocycles. The Hall–Kier alpha value is -2.17. The fourth-order valence-corrected chi connectivity index (χ4v) is 1.05. The molecule has 0 unspecified atom stereocenters. The predicted molar refractivity (Wildman–Crippen MR) is 50.5 cm³/mol. The first kappa shape index (κ1) is 9.39. The van der Waals surface area contributed by atoms with Gasteiger partial charge in [-0.25, -0.2) is 0 Å². The van der Waals surface area contributed by atoms with Gasteiger partial charge in [-0.3, -0.25) is 4.79 Å². The van der Waals surface area contributed by atoms with Crippen molar-refractivity contribution in [1.29, 1.82) is 0 Å². The smallest absolute Gasteiger partial charge is 0.213 e. The number of carbonyl (C=O) groups excluding carboxylic acids is 1. The zero-order chi connectivity index (χ0) is 10.5. The molecular formula is C10H8N2O3. The van der Waals surface area contributed by atoms with E-state index in [0.717, 1.165) is 6.29 Å². The summed E-state index contributed by atoms with van der Waals surface area (Å²) in [5.41, 5.74) is 0.613. The quantitative estimate of drug-likeness (QED) is 0.705. The average molecular weight is 204 g/mol. The normalized spacial score (nSPS) is 9.87. The molecule has 0 spiro atoms. The summed E-state index contributed by atoms with van der Waals surface area (Å²) in [6.45, 7) is 0.247. The van der Waals surface area contributed by atoms with Crippen LogP contribution in [0.25, 0.3) is 0 Å². The molecule has 2 rings (SSSR count). The zero-order valence-electron chi connectivity index (χ0n) is 7.79. The van der Waals surface area contributed by atoms with E-state index in [-0.39, 0.29) is 6.61 Å². The van der Waals surface area contributed by atoms with Gasteiger partial charge in [0.05, 0.1) is 0 Å². The third-order valence-electron chi connectivity index (χ3n) is 1.79. The van der Waals surface area contributed by atoms with E-state index in [1.807, 2.05) is 0 Å². The van der Waals surface area contributed by atoms with E-state index in [4.69, 9.17) is 4.74 Å². The maximum atomic E-state index is 10.4. The van der Waals surface area contributed by atoms with Crippen LogP contribution in [0.1, 0.15) is 16.2 Å². The lowest BCUT2D eigenvalue weighted by Crippen LogP contribution is -1.97. The van der Waals surface area contributed by atoms with Crippen molar-refractivity contribution in [2.24, 2.45) is 0 Å². The Balaban J connectivity index is 1.96. The summed E-state index contributed by atoms with van der Waals surface area (Å²) >= 11 is 0. The molecule has 5 nitrogen and oxygen atoms in total. The first-order chi connectivity index (χ1) is 7.38. The highest BCUT2D eigenvalue weighted by Gasteiger charge is 1.99. The van der Waals surface area contributed by atoms with Crippen LogP contribution >= 0.6 is 0 Å². The molecule has 0 fully saturated rings. The van der Waals surface area contributed by atoms with Crippen LogP contribution < -0.4 is 4.74 Å². The van der Waals surface area contributed by atoms with E-state index in [9.17, 15) is 4.79 Å². The average Bonchev–Trinajstić information content (AvgIpc) is 2.80. The van der Waals surface area contributed by atoms with Crippen molar-refractivity contribution in [3.63, 3.8) is 0 Å². The van der Waals surface area contributed by atoms with Gasteiger partial charge in [0.25, 0.3) is 0 Å². The molecule has 1 heterocycles. The number of rotatable bonds is 4. The van der Waals surface area contributed by atoms with Crippen LogP contribution in [-0.2, 0) is 6.61 Å². The van der Waals surface area contributed by atoms with Gasteiger partial charge in [-0.05, 0) is 24.3 Å². The number of aromatic nitrogens is 2. The molecule has 1 aromatic heterocycles. The van der Waals surface area contributed by atoms with Crippen LogP contribution in [0.4, 0.5) is 0 Å².